The summed E-state index contributed by atoms with van der Waals surface area (Å²) >= 11 is 6.29. The van der Waals surface area contributed by atoms with Crippen molar-refractivity contribution in [3.8, 4) is 0 Å². The molecule has 19 heavy (non-hydrogen) atoms. The molecule has 0 spiro atoms. The smallest absolute Gasteiger partial charge is 0.152 e. The van der Waals surface area contributed by atoms with E-state index >= 15 is 0 Å². The Labute approximate surface area is 120 Å². The molecular weight excluding hydrogens is 258 g/mol. The second-order valence-electron chi connectivity index (χ2n) is 5.72. The summed E-state index contributed by atoms with van der Waals surface area (Å²) in [7, 11) is 0. The van der Waals surface area contributed by atoms with Gasteiger partial charge in [-0.2, -0.15) is 0 Å². The van der Waals surface area contributed by atoms with Gasteiger partial charge in [0.25, 0.3) is 0 Å². The third-order valence-corrected chi connectivity index (χ3v) is 4.48. The van der Waals surface area contributed by atoms with E-state index in [2.05, 4.69) is 18.7 Å². The van der Waals surface area contributed by atoms with Crippen LogP contribution in [0.2, 0.25) is 5.02 Å². The van der Waals surface area contributed by atoms with Crippen LogP contribution in [-0.4, -0.2) is 19.4 Å². The van der Waals surface area contributed by atoms with Crippen LogP contribution in [0, 0.1) is 11.8 Å². The standard InChI is InChI=1S/C16H22ClNO/c1-12(2)13-6-4-9-18(10-8-13)16-14(11-19)5-3-7-15(16)17/h3,5,7,11-13H,4,6,8-10H2,1-2H3. The molecule has 1 fully saturated rings. The van der Waals surface area contributed by atoms with Crippen LogP contribution in [0.25, 0.3) is 0 Å². The largest absolute Gasteiger partial charge is 0.370 e. The lowest BCUT2D eigenvalue weighted by Gasteiger charge is -2.25. The number of hydrogen-bond acceptors (Lipinski definition) is 2. The van der Waals surface area contributed by atoms with E-state index in [9.17, 15) is 4.79 Å². The van der Waals surface area contributed by atoms with Crippen LogP contribution in [0.5, 0.6) is 0 Å². The van der Waals surface area contributed by atoms with Crippen molar-refractivity contribution < 1.29 is 4.79 Å². The monoisotopic (exact) mass is 279 g/mol. The molecule has 0 bridgehead atoms. The maximum Gasteiger partial charge on any atom is 0.152 e. The van der Waals surface area contributed by atoms with E-state index in [1.165, 1.54) is 19.3 Å². The fourth-order valence-corrected chi connectivity index (χ4v) is 3.27. The summed E-state index contributed by atoms with van der Waals surface area (Å²) in [5, 5.41) is 0.688. The molecule has 0 N–H and O–H groups in total. The van der Waals surface area contributed by atoms with Crippen molar-refractivity contribution in [3.05, 3.63) is 28.8 Å². The molecule has 2 rings (SSSR count). The van der Waals surface area contributed by atoms with Crippen LogP contribution in [0.15, 0.2) is 18.2 Å². The normalized spacial score (nSPS) is 20.4. The summed E-state index contributed by atoms with van der Waals surface area (Å²) in [6.07, 6.45) is 4.54. The Morgan fingerprint density at radius 1 is 1.32 bits per heavy atom. The highest BCUT2D eigenvalue weighted by atomic mass is 35.5. The highest BCUT2D eigenvalue weighted by molar-refractivity contribution is 6.33. The van der Waals surface area contributed by atoms with Crippen LogP contribution in [-0.2, 0) is 0 Å². The Bertz CT molecular complexity index is 444. The number of benzene rings is 1. The maximum absolute atomic E-state index is 11.2. The minimum Gasteiger partial charge on any atom is -0.370 e. The molecule has 2 nitrogen and oxygen atoms in total. The number of carbonyl (C=O) groups excluding carboxylic acids is 1. The highest BCUT2D eigenvalue weighted by Gasteiger charge is 2.22. The number of para-hydroxylation sites is 1. The van der Waals surface area contributed by atoms with Gasteiger partial charge in [0, 0.05) is 18.7 Å². The molecule has 1 aromatic rings. The Hall–Kier alpha value is -1.02. The van der Waals surface area contributed by atoms with Crippen LogP contribution < -0.4 is 4.90 Å². The van der Waals surface area contributed by atoms with Gasteiger partial charge < -0.3 is 4.90 Å². The van der Waals surface area contributed by atoms with E-state index in [1.54, 1.807) is 0 Å². The Morgan fingerprint density at radius 3 is 2.79 bits per heavy atom. The molecule has 1 aromatic carbocycles. The Kier molecular flexibility index (Phi) is 4.87. The number of rotatable bonds is 3. The van der Waals surface area contributed by atoms with Crippen LogP contribution in [0.4, 0.5) is 5.69 Å². The lowest BCUT2D eigenvalue weighted by molar-refractivity contribution is 0.112. The molecule has 1 atom stereocenters. The maximum atomic E-state index is 11.2. The number of hydrogen-bond donors (Lipinski definition) is 0. The van der Waals surface area contributed by atoms with Crippen LogP contribution in [0.1, 0.15) is 43.5 Å². The van der Waals surface area contributed by atoms with Gasteiger partial charge >= 0.3 is 0 Å². The first-order valence-electron chi connectivity index (χ1n) is 7.12. The van der Waals surface area contributed by atoms with Gasteiger partial charge in [-0.25, -0.2) is 0 Å². The number of carbonyl (C=O) groups is 1. The minimum absolute atomic E-state index is 0.688. The average Bonchev–Trinajstić information content (AvgIpc) is 2.64. The average molecular weight is 280 g/mol. The van der Waals surface area contributed by atoms with Gasteiger partial charge in [0.1, 0.15) is 0 Å². The van der Waals surface area contributed by atoms with Gasteiger partial charge in [0.05, 0.1) is 10.7 Å². The summed E-state index contributed by atoms with van der Waals surface area (Å²) in [4.78, 5) is 13.5. The van der Waals surface area contributed by atoms with Crippen molar-refractivity contribution >= 4 is 23.6 Å². The second kappa shape index (κ2) is 6.42. The van der Waals surface area contributed by atoms with E-state index in [1.807, 2.05) is 18.2 Å². The number of nitrogens with zero attached hydrogens (tertiary/aromatic N) is 1. The zero-order valence-corrected chi connectivity index (χ0v) is 12.5. The molecule has 104 valence electrons. The Morgan fingerprint density at radius 2 is 2.11 bits per heavy atom. The quantitative estimate of drug-likeness (QED) is 0.764. The first-order valence-corrected chi connectivity index (χ1v) is 7.50. The molecule has 1 aliphatic heterocycles. The molecule has 1 unspecified atom stereocenters. The van der Waals surface area contributed by atoms with E-state index in [0.29, 0.717) is 10.6 Å². The third-order valence-electron chi connectivity index (χ3n) is 4.18. The van der Waals surface area contributed by atoms with Gasteiger partial charge in [-0.05, 0) is 43.2 Å². The van der Waals surface area contributed by atoms with Gasteiger partial charge in [-0.15, -0.1) is 0 Å². The van der Waals surface area contributed by atoms with Crippen molar-refractivity contribution in [1.29, 1.82) is 0 Å². The van der Waals surface area contributed by atoms with Crippen LogP contribution in [0.3, 0.4) is 0 Å². The third kappa shape index (κ3) is 3.30. The fourth-order valence-electron chi connectivity index (χ4n) is 2.97. The molecule has 0 radical (unpaired) electrons. The molecule has 0 saturated carbocycles. The molecule has 3 heteroatoms. The van der Waals surface area contributed by atoms with Gasteiger partial charge in [-0.3, -0.25) is 4.79 Å². The Balaban J connectivity index is 2.21. The lowest BCUT2D eigenvalue weighted by atomic mass is 9.89. The van der Waals surface area contributed by atoms with Gasteiger partial charge in [0.2, 0.25) is 0 Å². The van der Waals surface area contributed by atoms with Crippen molar-refractivity contribution in [3.63, 3.8) is 0 Å². The van der Waals surface area contributed by atoms with Gasteiger partial charge in [-0.1, -0.05) is 31.5 Å². The predicted molar refractivity (Wildman–Crippen MR) is 81.2 cm³/mol. The van der Waals surface area contributed by atoms with E-state index in [-0.39, 0.29) is 0 Å². The summed E-state index contributed by atoms with van der Waals surface area (Å²) in [5.41, 5.74) is 1.62. The fraction of sp³-hybridized carbons (Fsp3) is 0.562. The van der Waals surface area contributed by atoms with E-state index < -0.39 is 0 Å². The minimum atomic E-state index is 0.688. The SMILES string of the molecule is CC(C)C1CCCN(c2c(Cl)cccc2C=O)CC1. The molecule has 1 heterocycles. The second-order valence-corrected chi connectivity index (χ2v) is 6.12. The number of halogens is 1. The summed E-state index contributed by atoms with van der Waals surface area (Å²) in [6, 6.07) is 5.55. The zero-order chi connectivity index (χ0) is 13.8. The number of aldehydes is 1. The summed E-state index contributed by atoms with van der Waals surface area (Å²) < 4.78 is 0. The number of anilines is 1. The first kappa shape index (κ1) is 14.4. The van der Waals surface area contributed by atoms with Gasteiger partial charge in [0.15, 0.2) is 6.29 Å². The summed E-state index contributed by atoms with van der Waals surface area (Å²) in [5.74, 6) is 1.52. The molecule has 0 aromatic heterocycles. The molecule has 0 amide bonds. The predicted octanol–water partition coefficient (Wildman–Crippen LogP) is 4.42. The molecular formula is C16H22ClNO. The zero-order valence-electron chi connectivity index (χ0n) is 11.7. The molecule has 1 aliphatic rings. The first-order chi connectivity index (χ1) is 9.13. The topological polar surface area (TPSA) is 20.3 Å². The molecule has 1 saturated heterocycles. The summed E-state index contributed by atoms with van der Waals surface area (Å²) in [6.45, 7) is 6.58. The van der Waals surface area contributed by atoms with Crippen molar-refractivity contribution in [1.82, 2.24) is 0 Å². The van der Waals surface area contributed by atoms with E-state index in [0.717, 1.165) is 36.9 Å². The van der Waals surface area contributed by atoms with Crippen molar-refractivity contribution in [2.75, 3.05) is 18.0 Å². The van der Waals surface area contributed by atoms with Crippen molar-refractivity contribution in [2.24, 2.45) is 11.8 Å². The highest BCUT2D eigenvalue weighted by Crippen LogP contribution is 2.33. The van der Waals surface area contributed by atoms with E-state index in [4.69, 9.17) is 11.6 Å². The lowest BCUT2D eigenvalue weighted by Crippen LogP contribution is -2.26. The van der Waals surface area contributed by atoms with Crippen molar-refractivity contribution in [2.45, 2.75) is 33.1 Å². The van der Waals surface area contributed by atoms with Crippen LogP contribution >= 0.6 is 11.6 Å². The molecule has 0 aliphatic carbocycles.